The molecule has 0 radical (unpaired) electrons. The highest BCUT2D eigenvalue weighted by molar-refractivity contribution is 7.80. The van der Waals surface area contributed by atoms with Gasteiger partial charge in [0.1, 0.15) is 0 Å². The molecule has 0 fully saturated rings. The number of phenolic OH excluding ortho intramolecular Hbond substituents is 1. The van der Waals surface area contributed by atoms with Gasteiger partial charge in [0.25, 0.3) is 5.91 Å². The zero-order valence-electron chi connectivity index (χ0n) is 9.91. The Kier molecular flexibility index (Phi) is 4.71. The number of likely N-dealkylation sites (N-methyl/N-ethyl adjacent to an activating group) is 1. The fraction of sp³-hybridized carbons (Fsp3) is 0.273. The molecule has 0 aromatic heterocycles. The summed E-state index contributed by atoms with van der Waals surface area (Å²) in [7, 11) is 0. The Hall–Kier alpha value is -1.83. The minimum Gasteiger partial charge on any atom is -0.503 e. The average Bonchev–Trinajstić information content (AvgIpc) is 2.36. The predicted molar refractivity (Wildman–Crippen MR) is 66.3 cm³/mol. The van der Waals surface area contributed by atoms with Crippen LogP contribution in [0.15, 0.2) is 6.07 Å². The van der Waals surface area contributed by atoms with E-state index in [1.165, 1.54) is 0 Å². The van der Waals surface area contributed by atoms with E-state index in [-0.39, 0.29) is 18.1 Å². The third-order valence-electron chi connectivity index (χ3n) is 2.38. The number of hydrogen-bond donors (Lipinski definition) is 2. The van der Waals surface area contributed by atoms with Crippen LogP contribution in [0.4, 0.5) is 13.2 Å². The first kappa shape index (κ1) is 15.2. The van der Waals surface area contributed by atoms with Crippen molar-refractivity contribution >= 4 is 23.1 Å². The fourth-order valence-electron chi connectivity index (χ4n) is 1.43. The van der Waals surface area contributed by atoms with Crippen LogP contribution >= 0.6 is 12.2 Å². The average molecular weight is 292 g/mol. The second-order valence-electron chi connectivity index (χ2n) is 3.67. The van der Waals surface area contributed by atoms with E-state index in [4.69, 9.17) is 10.8 Å². The van der Waals surface area contributed by atoms with Gasteiger partial charge in [-0.1, -0.05) is 12.2 Å². The summed E-state index contributed by atoms with van der Waals surface area (Å²) in [5.41, 5.74) is 4.48. The maximum Gasteiger partial charge on any atom is 0.257 e. The predicted octanol–water partition coefficient (Wildman–Crippen LogP) is 1.56. The van der Waals surface area contributed by atoms with Crippen molar-refractivity contribution in [2.75, 3.05) is 13.1 Å². The topological polar surface area (TPSA) is 66.6 Å². The SMILES string of the molecule is CCN(CC(N)=S)C(=O)c1cc(F)c(F)c(O)c1F. The van der Waals surface area contributed by atoms with E-state index < -0.39 is 34.7 Å². The molecular weight excluding hydrogens is 281 g/mol. The molecular formula is C11H11F3N2O2S. The number of hydrogen-bond acceptors (Lipinski definition) is 3. The molecule has 0 aliphatic heterocycles. The summed E-state index contributed by atoms with van der Waals surface area (Å²) in [6.45, 7) is 1.58. The summed E-state index contributed by atoms with van der Waals surface area (Å²) in [6, 6.07) is 0.384. The van der Waals surface area contributed by atoms with Crippen molar-refractivity contribution in [3.8, 4) is 5.75 Å². The van der Waals surface area contributed by atoms with Gasteiger partial charge in [0.15, 0.2) is 17.4 Å². The van der Waals surface area contributed by atoms with Gasteiger partial charge < -0.3 is 15.7 Å². The first-order chi connectivity index (χ1) is 8.79. The van der Waals surface area contributed by atoms with E-state index in [9.17, 15) is 18.0 Å². The van der Waals surface area contributed by atoms with Crippen LogP contribution in [0.2, 0.25) is 0 Å². The normalized spacial score (nSPS) is 10.3. The van der Waals surface area contributed by atoms with E-state index >= 15 is 0 Å². The first-order valence-corrected chi connectivity index (χ1v) is 5.64. The van der Waals surface area contributed by atoms with Crippen LogP contribution in [-0.4, -0.2) is 34.0 Å². The number of rotatable bonds is 4. The van der Waals surface area contributed by atoms with Crippen LogP contribution in [-0.2, 0) is 0 Å². The van der Waals surface area contributed by atoms with Crippen LogP contribution < -0.4 is 5.73 Å². The summed E-state index contributed by atoms with van der Waals surface area (Å²) in [6.07, 6.45) is 0. The lowest BCUT2D eigenvalue weighted by Gasteiger charge is -2.20. The van der Waals surface area contributed by atoms with Gasteiger partial charge in [-0.15, -0.1) is 0 Å². The molecule has 0 heterocycles. The molecule has 0 aliphatic carbocycles. The number of aromatic hydroxyl groups is 1. The third kappa shape index (κ3) is 3.14. The Morgan fingerprint density at radius 2 is 2.00 bits per heavy atom. The molecule has 3 N–H and O–H groups in total. The Morgan fingerprint density at radius 1 is 1.42 bits per heavy atom. The molecule has 1 aromatic rings. The minimum absolute atomic E-state index is 0.0117. The standard InChI is InChI=1S/C11H11F3N2O2S/c1-2-16(4-7(15)19)11(18)5-3-6(12)9(14)10(17)8(5)13/h3,17H,2,4H2,1H3,(H2,15,19). The number of amides is 1. The van der Waals surface area contributed by atoms with Gasteiger partial charge in [0.05, 0.1) is 17.1 Å². The highest BCUT2D eigenvalue weighted by Crippen LogP contribution is 2.26. The molecule has 0 bridgehead atoms. The third-order valence-corrected chi connectivity index (χ3v) is 2.51. The first-order valence-electron chi connectivity index (χ1n) is 5.23. The molecule has 1 amide bonds. The number of carbonyl (C=O) groups is 1. The molecule has 104 valence electrons. The number of thiocarbonyl (C=S) groups is 1. The van der Waals surface area contributed by atoms with Crippen LogP contribution in [0.1, 0.15) is 17.3 Å². The van der Waals surface area contributed by atoms with Crippen molar-refractivity contribution < 1.29 is 23.1 Å². The van der Waals surface area contributed by atoms with E-state index in [1.54, 1.807) is 6.92 Å². The van der Waals surface area contributed by atoms with Crippen LogP contribution in [0.5, 0.6) is 5.75 Å². The van der Waals surface area contributed by atoms with Crippen LogP contribution in [0, 0.1) is 17.5 Å². The quantitative estimate of drug-likeness (QED) is 0.653. The second-order valence-corrected chi connectivity index (χ2v) is 4.19. The molecule has 19 heavy (non-hydrogen) atoms. The van der Waals surface area contributed by atoms with E-state index in [2.05, 4.69) is 12.2 Å². The van der Waals surface area contributed by atoms with Gasteiger partial charge in [-0.3, -0.25) is 4.79 Å². The minimum atomic E-state index is -1.74. The van der Waals surface area contributed by atoms with Crippen molar-refractivity contribution in [1.82, 2.24) is 4.90 Å². The van der Waals surface area contributed by atoms with Gasteiger partial charge >= 0.3 is 0 Å². The van der Waals surface area contributed by atoms with E-state index in [1.807, 2.05) is 0 Å². The lowest BCUT2D eigenvalue weighted by Crippen LogP contribution is -2.38. The van der Waals surface area contributed by atoms with E-state index in [0.717, 1.165) is 4.90 Å². The summed E-state index contributed by atoms with van der Waals surface area (Å²) >= 11 is 4.62. The largest absolute Gasteiger partial charge is 0.503 e. The molecule has 0 saturated carbocycles. The van der Waals surface area contributed by atoms with Crippen LogP contribution in [0.3, 0.4) is 0 Å². The molecule has 0 atom stereocenters. The van der Waals surface area contributed by atoms with Gasteiger partial charge in [-0.25, -0.2) is 8.78 Å². The van der Waals surface area contributed by atoms with Crippen molar-refractivity contribution in [1.29, 1.82) is 0 Å². The van der Waals surface area contributed by atoms with Crippen molar-refractivity contribution in [2.45, 2.75) is 6.92 Å². The lowest BCUT2D eigenvalue weighted by molar-refractivity contribution is 0.0781. The Balaban J connectivity index is 3.22. The zero-order chi connectivity index (χ0) is 14.7. The van der Waals surface area contributed by atoms with Crippen molar-refractivity contribution in [3.63, 3.8) is 0 Å². The van der Waals surface area contributed by atoms with Gasteiger partial charge in [0, 0.05) is 6.54 Å². The number of benzene rings is 1. The Labute approximate surface area is 112 Å². The van der Waals surface area contributed by atoms with E-state index in [0.29, 0.717) is 6.07 Å². The molecule has 0 aliphatic rings. The summed E-state index contributed by atoms with van der Waals surface area (Å²) in [4.78, 5) is 12.9. The molecule has 8 heteroatoms. The molecule has 1 rings (SSSR count). The Bertz CT molecular complexity index is 537. The Morgan fingerprint density at radius 3 is 2.47 bits per heavy atom. The smallest absolute Gasteiger partial charge is 0.257 e. The van der Waals surface area contributed by atoms with Crippen LogP contribution in [0.25, 0.3) is 0 Å². The summed E-state index contributed by atoms with van der Waals surface area (Å²) < 4.78 is 39.5. The highest BCUT2D eigenvalue weighted by Gasteiger charge is 2.25. The molecule has 0 unspecified atom stereocenters. The highest BCUT2D eigenvalue weighted by atomic mass is 32.1. The number of nitrogens with two attached hydrogens (primary N) is 1. The second kappa shape index (κ2) is 5.87. The molecule has 4 nitrogen and oxygen atoms in total. The summed E-state index contributed by atoms with van der Waals surface area (Å²) in [5.74, 6) is -7.26. The van der Waals surface area contributed by atoms with Crippen molar-refractivity contribution in [3.05, 3.63) is 29.1 Å². The number of halogens is 3. The number of carbonyl (C=O) groups excluding carboxylic acids is 1. The maximum absolute atomic E-state index is 13.6. The van der Waals surface area contributed by atoms with Gasteiger partial charge in [0.2, 0.25) is 5.82 Å². The fourth-order valence-corrected chi connectivity index (χ4v) is 1.59. The summed E-state index contributed by atoms with van der Waals surface area (Å²) in [5, 5.41) is 9.04. The monoisotopic (exact) mass is 292 g/mol. The lowest BCUT2D eigenvalue weighted by atomic mass is 10.1. The zero-order valence-corrected chi connectivity index (χ0v) is 10.7. The maximum atomic E-state index is 13.6. The molecule has 0 spiro atoms. The van der Waals surface area contributed by atoms with Crippen molar-refractivity contribution in [2.24, 2.45) is 5.73 Å². The molecule has 0 saturated heterocycles. The van der Waals surface area contributed by atoms with Gasteiger partial charge in [-0.05, 0) is 13.0 Å². The number of phenols is 1. The molecule has 1 aromatic carbocycles. The number of nitrogens with zero attached hydrogens (tertiary/aromatic N) is 1. The van der Waals surface area contributed by atoms with Gasteiger partial charge in [-0.2, -0.15) is 4.39 Å².